The van der Waals surface area contributed by atoms with Crippen molar-refractivity contribution in [2.75, 3.05) is 5.32 Å². The highest BCUT2D eigenvalue weighted by Crippen LogP contribution is 2.18. The number of rotatable bonds is 6. The van der Waals surface area contributed by atoms with E-state index >= 15 is 0 Å². The van der Waals surface area contributed by atoms with Crippen LogP contribution in [-0.4, -0.2) is 15.5 Å². The number of carbonyl (C=O) groups is 1. The number of benzene rings is 2. The van der Waals surface area contributed by atoms with Gasteiger partial charge in [-0.15, -0.1) is 11.3 Å². The summed E-state index contributed by atoms with van der Waals surface area (Å²) in [5, 5.41) is 4.99. The first-order chi connectivity index (χ1) is 13.2. The number of anilines is 1. The zero-order chi connectivity index (χ0) is 18.6. The maximum Gasteiger partial charge on any atom is 0.229 e. The van der Waals surface area contributed by atoms with Crippen molar-refractivity contribution in [2.45, 2.75) is 19.3 Å². The SMILES string of the molecule is Cn1c(CCc2cccc(NC(=O)Cc3cccs3)c2)nc2ccccc21. The largest absolute Gasteiger partial charge is 0.331 e. The molecule has 4 rings (SSSR count). The zero-order valence-corrected chi connectivity index (χ0v) is 16.0. The van der Waals surface area contributed by atoms with Crippen LogP contribution >= 0.6 is 11.3 Å². The van der Waals surface area contributed by atoms with Gasteiger partial charge < -0.3 is 9.88 Å². The molecule has 4 aromatic rings. The molecule has 4 nitrogen and oxygen atoms in total. The van der Waals surface area contributed by atoms with Crippen molar-refractivity contribution in [3.63, 3.8) is 0 Å². The molecule has 0 spiro atoms. The van der Waals surface area contributed by atoms with E-state index in [9.17, 15) is 4.79 Å². The highest BCUT2D eigenvalue weighted by molar-refractivity contribution is 7.10. The summed E-state index contributed by atoms with van der Waals surface area (Å²) >= 11 is 1.60. The number of aromatic nitrogens is 2. The topological polar surface area (TPSA) is 46.9 Å². The number of amides is 1. The third-order valence-electron chi connectivity index (χ3n) is 4.64. The number of nitrogens with zero attached hydrogens (tertiary/aromatic N) is 2. The Morgan fingerprint density at radius 1 is 1.07 bits per heavy atom. The van der Waals surface area contributed by atoms with Crippen LogP contribution in [0.25, 0.3) is 11.0 Å². The lowest BCUT2D eigenvalue weighted by atomic mass is 10.1. The van der Waals surface area contributed by atoms with Crippen molar-refractivity contribution in [1.29, 1.82) is 0 Å². The van der Waals surface area contributed by atoms with Crippen LogP contribution in [0.5, 0.6) is 0 Å². The van der Waals surface area contributed by atoms with E-state index in [1.54, 1.807) is 11.3 Å². The van der Waals surface area contributed by atoms with Gasteiger partial charge in [0.25, 0.3) is 0 Å². The second kappa shape index (κ2) is 7.76. The Morgan fingerprint density at radius 2 is 1.96 bits per heavy atom. The molecule has 27 heavy (non-hydrogen) atoms. The number of hydrogen-bond acceptors (Lipinski definition) is 3. The van der Waals surface area contributed by atoms with Crippen molar-refractivity contribution in [1.82, 2.24) is 9.55 Å². The summed E-state index contributed by atoms with van der Waals surface area (Å²) in [6.07, 6.45) is 2.16. The normalized spacial score (nSPS) is 11.0. The molecule has 0 fully saturated rings. The van der Waals surface area contributed by atoms with Crippen LogP contribution in [-0.2, 0) is 31.1 Å². The molecule has 2 aromatic carbocycles. The summed E-state index contributed by atoms with van der Waals surface area (Å²) < 4.78 is 2.15. The van der Waals surface area contributed by atoms with Crippen LogP contribution in [0.3, 0.4) is 0 Å². The van der Waals surface area contributed by atoms with E-state index in [1.165, 1.54) is 5.56 Å². The number of para-hydroxylation sites is 2. The molecular formula is C22H21N3OS. The van der Waals surface area contributed by atoms with Crippen LogP contribution < -0.4 is 5.32 Å². The number of nitrogens with one attached hydrogen (secondary N) is 1. The lowest BCUT2D eigenvalue weighted by Gasteiger charge is -2.07. The smallest absolute Gasteiger partial charge is 0.229 e. The Bertz CT molecular complexity index is 1070. The maximum absolute atomic E-state index is 12.2. The first kappa shape index (κ1) is 17.5. The third kappa shape index (κ3) is 4.09. The molecule has 0 saturated carbocycles. The molecule has 0 aliphatic carbocycles. The number of carbonyl (C=O) groups excluding carboxylic acids is 1. The predicted molar refractivity (Wildman–Crippen MR) is 111 cm³/mol. The van der Waals surface area contributed by atoms with Gasteiger partial charge >= 0.3 is 0 Å². The van der Waals surface area contributed by atoms with E-state index in [0.717, 1.165) is 40.3 Å². The van der Waals surface area contributed by atoms with Gasteiger partial charge in [-0.3, -0.25) is 4.79 Å². The van der Waals surface area contributed by atoms with Crippen LogP contribution in [0.15, 0.2) is 66.0 Å². The molecule has 0 aliphatic rings. The van der Waals surface area contributed by atoms with Crippen molar-refractivity contribution in [3.8, 4) is 0 Å². The van der Waals surface area contributed by atoms with Gasteiger partial charge in [0.15, 0.2) is 0 Å². The standard InChI is InChI=1S/C22H21N3OS/c1-25-20-10-3-2-9-19(20)24-21(25)12-11-16-6-4-7-17(14-16)23-22(26)15-18-8-5-13-27-18/h2-10,13-14H,11-12,15H2,1H3,(H,23,26). The van der Waals surface area contributed by atoms with Crippen LogP contribution in [0.4, 0.5) is 5.69 Å². The summed E-state index contributed by atoms with van der Waals surface area (Å²) in [5.41, 5.74) is 4.22. The molecule has 0 saturated heterocycles. The van der Waals surface area contributed by atoms with E-state index in [0.29, 0.717) is 6.42 Å². The fraction of sp³-hybridized carbons (Fsp3) is 0.182. The van der Waals surface area contributed by atoms with Crippen molar-refractivity contribution in [3.05, 3.63) is 82.3 Å². The highest BCUT2D eigenvalue weighted by atomic mass is 32.1. The number of aryl methyl sites for hydroxylation is 3. The Hall–Kier alpha value is -2.92. The Balaban J connectivity index is 1.41. The van der Waals surface area contributed by atoms with Crippen molar-refractivity contribution >= 4 is 34.0 Å². The van der Waals surface area contributed by atoms with Gasteiger partial charge in [0.05, 0.1) is 17.5 Å². The minimum Gasteiger partial charge on any atom is -0.331 e. The predicted octanol–water partition coefficient (Wildman–Crippen LogP) is 4.60. The molecule has 0 bridgehead atoms. The molecule has 0 atom stereocenters. The van der Waals surface area contributed by atoms with Gasteiger partial charge in [-0.1, -0.05) is 30.3 Å². The first-order valence-corrected chi connectivity index (χ1v) is 9.88. The molecule has 2 aromatic heterocycles. The van der Waals surface area contributed by atoms with E-state index in [-0.39, 0.29) is 5.91 Å². The molecule has 2 heterocycles. The van der Waals surface area contributed by atoms with E-state index in [1.807, 2.05) is 47.8 Å². The van der Waals surface area contributed by atoms with E-state index in [2.05, 4.69) is 35.1 Å². The number of imidazole rings is 1. The summed E-state index contributed by atoms with van der Waals surface area (Å²) in [4.78, 5) is 18.0. The van der Waals surface area contributed by atoms with Crippen molar-refractivity contribution in [2.24, 2.45) is 7.05 Å². The van der Waals surface area contributed by atoms with Crippen molar-refractivity contribution < 1.29 is 4.79 Å². The average molecular weight is 375 g/mol. The van der Waals surface area contributed by atoms with Crippen LogP contribution in [0.2, 0.25) is 0 Å². The average Bonchev–Trinajstić information content (AvgIpc) is 3.28. The molecule has 1 N–H and O–H groups in total. The molecule has 0 unspecified atom stereocenters. The summed E-state index contributed by atoms with van der Waals surface area (Å²) in [5.74, 6) is 1.09. The minimum absolute atomic E-state index is 0.0185. The van der Waals surface area contributed by atoms with Crippen LogP contribution in [0.1, 0.15) is 16.3 Å². The quantitative estimate of drug-likeness (QED) is 0.535. The monoisotopic (exact) mass is 375 g/mol. The highest BCUT2D eigenvalue weighted by Gasteiger charge is 2.08. The first-order valence-electron chi connectivity index (χ1n) is 9.00. The Morgan fingerprint density at radius 3 is 2.78 bits per heavy atom. The zero-order valence-electron chi connectivity index (χ0n) is 15.2. The summed E-state index contributed by atoms with van der Waals surface area (Å²) in [6.45, 7) is 0. The van der Waals surface area contributed by atoms with Crippen LogP contribution in [0, 0.1) is 0 Å². The Labute approximate surface area is 162 Å². The second-order valence-corrected chi connectivity index (χ2v) is 7.61. The van der Waals surface area contributed by atoms with Gasteiger partial charge in [0, 0.05) is 24.0 Å². The van der Waals surface area contributed by atoms with Gasteiger partial charge in [-0.2, -0.15) is 0 Å². The number of hydrogen-bond donors (Lipinski definition) is 1. The summed E-state index contributed by atoms with van der Waals surface area (Å²) in [7, 11) is 2.06. The van der Waals surface area contributed by atoms with E-state index < -0.39 is 0 Å². The molecule has 5 heteroatoms. The number of fused-ring (bicyclic) bond motifs is 1. The fourth-order valence-electron chi connectivity index (χ4n) is 3.26. The molecule has 0 aliphatic heterocycles. The van der Waals surface area contributed by atoms with Gasteiger partial charge in [-0.25, -0.2) is 4.98 Å². The fourth-order valence-corrected chi connectivity index (χ4v) is 3.96. The second-order valence-electron chi connectivity index (χ2n) is 6.58. The minimum atomic E-state index is 0.0185. The maximum atomic E-state index is 12.2. The molecule has 0 radical (unpaired) electrons. The van der Waals surface area contributed by atoms with Gasteiger partial charge in [0.2, 0.25) is 5.91 Å². The van der Waals surface area contributed by atoms with Gasteiger partial charge in [-0.05, 0) is 47.7 Å². The lowest BCUT2D eigenvalue weighted by molar-refractivity contribution is -0.115. The number of thiophene rings is 1. The van der Waals surface area contributed by atoms with E-state index in [4.69, 9.17) is 4.98 Å². The summed E-state index contributed by atoms with van der Waals surface area (Å²) in [6, 6.07) is 20.2. The van der Waals surface area contributed by atoms with Gasteiger partial charge in [0.1, 0.15) is 5.82 Å². The molecule has 136 valence electrons. The molecule has 1 amide bonds. The lowest BCUT2D eigenvalue weighted by Crippen LogP contribution is -2.13. The third-order valence-corrected chi connectivity index (χ3v) is 5.52. The Kier molecular flexibility index (Phi) is 5.03. The molecular weight excluding hydrogens is 354 g/mol.